The molecule has 0 amide bonds. The fourth-order valence-electron chi connectivity index (χ4n) is 3.86. The molecule has 2 aromatic rings. The van der Waals surface area contributed by atoms with Gasteiger partial charge in [-0.05, 0) is 48.8 Å². The standard InChI is InChI=1S/C17H16FNO2/c1-21-17-6-4-11(20)9-13(17)16-12-8-10(18)2-3-14(12)19-15(16)5-7-17/h2-4,6,8,13,19H,5,7,9H2,1H3/t13-,17-/m1/s1. The number of ether oxygens (including phenoxy) is 1. The first-order valence-electron chi connectivity index (χ1n) is 7.20. The fraction of sp³-hybridized carbons (Fsp3) is 0.353. The van der Waals surface area contributed by atoms with Crippen molar-refractivity contribution in [2.45, 2.75) is 30.8 Å². The van der Waals surface area contributed by atoms with E-state index < -0.39 is 5.60 Å². The molecule has 0 bridgehead atoms. The molecule has 0 unspecified atom stereocenters. The number of allylic oxidation sites excluding steroid dienone is 1. The van der Waals surface area contributed by atoms with E-state index in [1.165, 1.54) is 6.07 Å². The summed E-state index contributed by atoms with van der Waals surface area (Å²) in [5.74, 6) is -0.193. The van der Waals surface area contributed by atoms with Gasteiger partial charge in [0.05, 0.1) is 5.60 Å². The van der Waals surface area contributed by atoms with Crippen molar-refractivity contribution in [1.29, 1.82) is 0 Å². The number of benzene rings is 1. The third-order valence-electron chi connectivity index (χ3n) is 4.92. The normalized spacial score (nSPS) is 27.7. The Morgan fingerprint density at radius 3 is 3.10 bits per heavy atom. The highest BCUT2D eigenvalue weighted by Crippen LogP contribution is 2.48. The molecule has 1 aromatic carbocycles. The minimum Gasteiger partial charge on any atom is -0.373 e. The number of aromatic nitrogens is 1. The molecule has 1 aromatic heterocycles. The maximum atomic E-state index is 13.6. The largest absolute Gasteiger partial charge is 0.373 e. The van der Waals surface area contributed by atoms with Gasteiger partial charge in [0.1, 0.15) is 5.82 Å². The number of methoxy groups -OCH3 is 1. The van der Waals surface area contributed by atoms with Crippen molar-refractivity contribution in [2.75, 3.05) is 7.11 Å². The van der Waals surface area contributed by atoms with Crippen molar-refractivity contribution < 1.29 is 13.9 Å². The maximum Gasteiger partial charge on any atom is 0.156 e. The lowest BCUT2D eigenvalue weighted by molar-refractivity contribution is -0.118. The number of carbonyl (C=O) groups excluding carboxylic acids is 1. The highest BCUT2D eigenvalue weighted by Gasteiger charge is 2.46. The third-order valence-corrected chi connectivity index (χ3v) is 4.92. The summed E-state index contributed by atoms with van der Waals surface area (Å²) in [6, 6.07) is 4.77. The Kier molecular flexibility index (Phi) is 2.60. The van der Waals surface area contributed by atoms with Gasteiger partial charge < -0.3 is 9.72 Å². The van der Waals surface area contributed by atoms with Gasteiger partial charge in [0.15, 0.2) is 5.78 Å². The number of hydrogen-bond acceptors (Lipinski definition) is 2. The number of fused-ring (bicyclic) bond motifs is 5. The minimum atomic E-state index is -0.442. The number of halogens is 1. The zero-order valence-corrected chi connectivity index (χ0v) is 11.8. The van der Waals surface area contributed by atoms with Crippen molar-refractivity contribution in [1.82, 2.24) is 4.98 Å². The number of aromatic amines is 1. The average Bonchev–Trinajstić information content (AvgIpc) is 2.85. The molecule has 0 fully saturated rings. The summed E-state index contributed by atoms with van der Waals surface area (Å²) >= 11 is 0. The second-order valence-electron chi connectivity index (χ2n) is 5.92. The molecule has 108 valence electrons. The molecule has 2 aliphatic carbocycles. The van der Waals surface area contributed by atoms with E-state index >= 15 is 0 Å². The number of carbonyl (C=O) groups is 1. The van der Waals surface area contributed by atoms with Gasteiger partial charge in [0.25, 0.3) is 0 Å². The van der Waals surface area contributed by atoms with Gasteiger partial charge in [-0.15, -0.1) is 0 Å². The molecule has 0 spiro atoms. The smallest absolute Gasteiger partial charge is 0.156 e. The first kappa shape index (κ1) is 12.8. The molecule has 2 aliphatic rings. The predicted molar refractivity (Wildman–Crippen MR) is 77.8 cm³/mol. The lowest BCUT2D eigenvalue weighted by Gasteiger charge is -2.42. The zero-order valence-electron chi connectivity index (χ0n) is 11.8. The molecule has 3 nitrogen and oxygen atoms in total. The molecule has 4 rings (SSSR count). The van der Waals surface area contributed by atoms with Crippen LogP contribution in [0.3, 0.4) is 0 Å². The monoisotopic (exact) mass is 285 g/mol. The highest BCUT2D eigenvalue weighted by molar-refractivity contribution is 5.94. The molecular formula is C17H16FNO2. The van der Waals surface area contributed by atoms with Crippen LogP contribution in [-0.2, 0) is 16.0 Å². The Morgan fingerprint density at radius 1 is 1.43 bits per heavy atom. The van der Waals surface area contributed by atoms with E-state index in [9.17, 15) is 9.18 Å². The first-order chi connectivity index (χ1) is 10.1. The van der Waals surface area contributed by atoms with E-state index in [0.717, 1.165) is 35.0 Å². The molecule has 0 radical (unpaired) electrons. The molecular weight excluding hydrogens is 269 g/mol. The van der Waals surface area contributed by atoms with Crippen LogP contribution in [0, 0.1) is 5.82 Å². The van der Waals surface area contributed by atoms with Crippen molar-refractivity contribution in [3.63, 3.8) is 0 Å². The number of rotatable bonds is 1. The highest BCUT2D eigenvalue weighted by atomic mass is 19.1. The van der Waals surface area contributed by atoms with Crippen LogP contribution in [0.15, 0.2) is 30.4 Å². The van der Waals surface area contributed by atoms with Crippen LogP contribution in [-0.4, -0.2) is 23.5 Å². The molecule has 4 heteroatoms. The Bertz CT molecular complexity index is 776. The Morgan fingerprint density at radius 2 is 2.29 bits per heavy atom. The van der Waals surface area contributed by atoms with Crippen LogP contribution >= 0.6 is 0 Å². The van der Waals surface area contributed by atoms with Crippen LogP contribution in [0.5, 0.6) is 0 Å². The lowest BCUT2D eigenvalue weighted by Crippen LogP contribution is -2.43. The van der Waals surface area contributed by atoms with Crippen molar-refractivity contribution in [3.8, 4) is 0 Å². The third kappa shape index (κ3) is 1.72. The average molecular weight is 285 g/mol. The summed E-state index contributed by atoms with van der Waals surface area (Å²) < 4.78 is 19.4. The second-order valence-corrected chi connectivity index (χ2v) is 5.92. The van der Waals surface area contributed by atoms with E-state index in [2.05, 4.69) is 4.98 Å². The predicted octanol–water partition coefficient (Wildman–Crippen LogP) is 3.25. The van der Waals surface area contributed by atoms with Gasteiger partial charge >= 0.3 is 0 Å². The molecule has 2 atom stereocenters. The summed E-state index contributed by atoms with van der Waals surface area (Å²) in [4.78, 5) is 15.3. The molecule has 21 heavy (non-hydrogen) atoms. The summed E-state index contributed by atoms with van der Waals surface area (Å²) in [5.41, 5.74) is 2.64. The number of aryl methyl sites for hydroxylation is 1. The van der Waals surface area contributed by atoms with Crippen LogP contribution in [0.25, 0.3) is 10.9 Å². The summed E-state index contributed by atoms with van der Waals surface area (Å²) in [6.07, 6.45) is 5.61. The topological polar surface area (TPSA) is 42.1 Å². The van der Waals surface area contributed by atoms with Crippen LogP contribution < -0.4 is 0 Å². The second kappa shape index (κ2) is 4.28. The van der Waals surface area contributed by atoms with E-state index in [4.69, 9.17) is 4.74 Å². The van der Waals surface area contributed by atoms with Crippen molar-refractivity contribution in [2.24, 2.45) is 0 Å². The first-order valence-corrected chi connectivity index (χ1v) is 7.20. The molecule has 0 saturated carbocycles. The number of nitrogens with one attached hydrogen (secondary N) is 1. The molecule has 0 saturated heterocycles. The van der Waals surface area contributed by atoms with Gasteiger partial charge in [-0.25, -0.2) is 4.39 Å². The van der Waals surface area contributed by atoms with Gasteiger partial charge in [-0.1, -0.05) is 0 Å². The van der Waals surface area contributed by atoms with Crippen molar-refractivity contribution >= 4 is 16.7 Å². The van der Waals surface area contributed by atoms with E-state index in [0.29, 0.717) is 6.42 Å². The van der Waals surface area contributed by atoms with Crippen molar-refractivity contribution in [3.05, 3.63) is 47.4 Å². The molecule has 1 heterocycles. The van der Waals surface area contributed by atoms with E-state index in [-0.39, 0.29) is 17.5 Å². The van der Waals surface area contributed by atoms with E-state index in [1.807, 2.05) is 6.08 Å². The fourth-order valence-corrected chi connectivity index (χ4v) is 3.86. The SMILES string of the molecule is CO[C@@]12C=CC(=O)C[C@@H]1c1c([nH]c3ccc(F)cc13)CC2. The summed E-state index contributed by atoms with van der Waals surface area (Å²) in [6.45, 7) is 0. The van der Waals surface area contributed by atoms with Gasteiger partial charge in [0, 0.05) is 36.0 Å². The van der Waals surface area contributed by atoms with E-state index in [1.54, 1.807) is 25.3 Å². The number of ketones is 1. The summed E-state index contributed by atoms with van der Waals surface area (Å²) in [7, 11) is 1.69. The molecule has 1 N–H and O–H groups in total. The molecule has 0 aliphatic heterocycles. The number of H-pyrrole nitrogens is 1. The number of hydrogen-bond donors (Lipinski definition) is 1. The Labute approximate surface area is 121 Å². The van der Waals surface area contributed by atoms with Gasteiger partial charge in [-0.3, -0.25) is 4.79 Å². The quantitative estimate of drug-likeness (QED) is 0.874. The van der Waals surface area contributed by atoms with Crippen LogP contribution in [0.2, 0.25) is 0 Å². The summed E-state index contributed by atoms with van der Waals surface area (Å²) in [5, 5.41) is 0.874. The Balaban J connectivity index is 1.98. The maximum absolute atomic E-state index is 13.6. The Hall–Kier alpha value is -1.94. The van der Waals surface area contributed by atoms with Gasteiger partial charge in [0.2, 0.25) is 0 Å². The van der Waals surface area contributed by atoms with Crippen LogP contribution in [0.1, 0.15) is 30.0 Å². The lowest BCUT2D eigenvalue weighted by atomic mass is 9.68. The van der Waals surface area contributed by atoms with Crippen LogP contribution in [0.4, 0.5) is 4.39 Å². The zero-order chi connectivity index (χ0) is 14.6. The van der Waals surface area contributed by atoms with Gasteiger partial charge in [-0.2, -0.15) is 0 Å². The minimum absolute atomic E-state index is 0.0423.